The van der Waals surface area contributed by atoms with Crippen molar-refractivity contribution in [2.75, 3.05) is 0 Å². The van der Waals surface area contributed by atoms with Gasteiger partial charge in [-0.25, -0.2) is 0 Å². The van der Waals surface area contributed by atoms with Crippen LogP contribution in [0, 0.1) is 0 Å². The van der Waals surface area contributed by atoms with Gasteiger partial charge in [-0.3, -0.25) is 0 Å². The molecule has 0 amide bonds. The standard InChI is InChI=1S/C20H30/c1-6-8-9-10-18-11-13-19(14-12-18)20(16(3)4)15-17(5)7-2/h11-14,20H,3,5-10,15H2,1-2,4H3. The van der Waals surface area contributed by atoms with Crippen molar-refractivity contribution >= 4 is 0 Å². The van der Waals surface area contributed by atoms with Crippen LogP contribution in [0.4, 0.5) is 0 Å². The summed E-state index contributed by atoms with van der Waals surface area (Å²) in [6, 6.07) is 9.14. The minimum absolute atomic E-state index is 0.423. The molecule has 0 aliphatic rings. The third-order valence-corrected chi connectivity index (χ3v) is 4.04. The zero-order valence-electron chi connectivity index (χ0n) is 13.5. The second-order valence-corrected chi connectivity index (χ2v) is 5.91. The van der Waals surface area contributed by atoms with E-state index < -0.39 is 0 Å². The second kappa shape index (κ2) is 8.79. The summed E-state index contributed by atoms with van der Waals surface area (Å²) in [6.45, 7) is 14.9. The van der Waals surface area contributed by atoms with E-state index in [0.717, 1.165) is 12.8 Å². The van der Waals surface area contributed by atoms with Gasteiger partial charge in [-0.05, 0) is 43.7 Å². The van der Waals surface area contributed by atoms with E-state index in [1.165, 1.54) is 48.0 Å². The van der Waals surface area contributed by atoms with Gasteiger partial charge < -0.3 is 0 Å². The number of hydrogen-bond donors (Lipinski definition) is 0. The van der Waals surface area contributed by atoms with Gasteiger partial charge in [-0.15, -0.1) is 0 Å². The fourth-order valence-electron chi connectivity index (χ4n) is 2.51. The molecule has 0 fully saturated rings. The van der Waals surface area contributed by atoms with Gasteiger partial charge in [0, 0.05) is 5.92 Å². The maximum absolute atomic E-state index is 4.16. The largest absolute Gasteiger partial charge is 0.0998 e. The number of unbranched alkanes of at least 4 members (excludes halogenated alkanes) is 2. The van der Waals surface area contributed by atoms with Crippen LogP contribution in [-0.4, -0.2) is 0 Å². The topological polar surface area (TPSA) is 0 Å². The van der Waals surface area contributed by atoms with E-state index in [2.05, 4.69) is 58.2 Å². The molecule has 1 aromatic rings. The fourth-order valence-corrected chi connectivity index (χ4v) is 2.51. The highest BCUT2D eigenvalue weighted by Crippen LogP contribution is 2.30. The average Bonchev–Trinajstić information content (AvgIpc) is 2.45. The van der Waals surface area contributed by atoms with Crippen molar-refractivity contribution in [3.63, 3.8) is 0 Å². The number of aryl methyl sites for hydroxylation is 1. The summed E-state index contributed by atoms with van der Waals surface area (Å²) in [7, 11) is 0. The first-order valence-corrected chi connectivity index (χ1v) is 7.99. The van der Waals surface area contributed by atoms with Crippen LogP contribution < -0.4 is 0 Å². The van der Waals surface area contributed by atoms with Crippen LogP contribution in [0.15, 0.2) is 48.6 Å². The van der Waals surface area contributed by atoms with Crippen LogP contribution in [0.1, 0.15) is 69.9 Å². The van der Waals surface area contributed by atoms with Crippen molar-refractivity contribution in [3.8, 4) is 0 Å². The summed E-state index contributed by atoms with van der Waals surface area (Å²) in [5.41, 5.74) is 5.38. The Morgan fingerprint density at radius 2 is 1.70 bits per heavy atom. The zero-order chi connectivity index (χ0) is 15.0. The van der Waals surface area contributed by atoms with E-state index in [1.807, 2.05) is 0 Å². The number of hydrogen-bond acceptors (Lipinski definition) is 0. The summed E-state index contributed by atoms with van der Waals surface area (Å²) in [5.74, 6) is 0.423. The number of benzene rings is 1. The minimum Gasteiger partial charge on any atom is -0.0998 e. The van der Waals surface area contributed by atoms with E-state index in [4.69, 9.17) is 0 Å². The van der Waals surface area contributed by atoms with Crippen LogP contribution in [0.25, 0.3) is 0 Å². The molecule has 0 saturated heterocycles. The van der Waals surface area contributed by atoms with Crippen LogP contribution in [0.3, 0.4) is 0 Å². The molecule has 0 bridgehead atoms. The van der Waals surface area contributed by atoms with Crippen molar-refractivity contribution in [3.05, 3.63) is 59.7 Å². The Bertz CT molecular complexity index is 422. The SMILES string of the molecule is C=C(CC)CC(C(=C)C)c1ccc(CCCCC)cc1. The van der Waals surface area contributed by atoms with Gasteiger partial charge in [0.15, 0.2) is 0 Å². The van der Waals surface area contributed by atoms with Gasteiger partial charge in [-0.2, -0.15) is 0 Å². The van der Waals surface area contributed by atoms with Crippen molar-refractivity contribution in [2.45, 2.75) is 65.2 Å². The summed E-state index contributed by atoms with van der Waals surface area (Å²) in [5, 5.41) is 0. The number of rotatable bonds is 9. The first-order chi connectivity index (χ1) is 9.58. The fraction of sp³-hybridized carbons (Fsp3) is 0.500. The van der Waals surface area contributed by atoms with Gasteiger partial charge in [0.1, 0.15) is 0 Å². The Balaban J connectivity index is 2.72. The van der Waals surface area contributed by atoms with Crippen molar-refractivity contribution in [2.24, 2.45) is 0 Å². The lowest BCUT2D eigenvalue weighted by atomic mass is 9.86. The second-order valence-electron chi connectivity index (χ2n) is 5.91. The normalized spacial score (nSPS) is 12.2. The predicted molar refractivity (Wildman–Crippen MR) is 91.3 cm³/mol. The highest BCUT2D eigenvalue weighted by Gasteiger charge is 2.13. The molecule has 0 nitrogen and oxygen atoms in total. The molecular weight excluding hydrogens is 240 g/mol. The molecule has 0 aliphatic carbocycles. The molecule has 0 N–H and O–H groups in total. The molecular formula is C20H30. The molecule has 1 aromatic carbocycles. The molecule has 0 aromatic heterocycles. The molecule has 0 aliphatic heterocycles. The average molecular weight is 270 g/mol. The molecule has 0 radical (unpaired) electrons. The minimum atomic E-state index is 0.423. The maximum Gasteiger partial charge on any atom is 0.00797 e. The van der Waals surface area contributed by atoms with Crippen molar-refractivity contribution in [1.29, 1.82) is 0 Å². The lowest BCUT2D eigenvalue weighted by molar-refractivity contribution is 0.716. The van der Waals surface area contributed by atoms with Gasteiger partial charge >= 0.3 is 0 Å². The van der Waals surface area contributed by atoms with Crippen LogP contribution in [-0.2, 0) is 6.42 Å². The van der Waals surface area contributed by atoms with Gasteiger partial charge in [0.2, 0.25) is 0 Å². The molecule has 0 spiro atoms. The third kappa shape index (κ3) is 5.36. The van der Waals surface area contributed by atoms with Crippen LogP contribution >= 0.6 is 0 Å². The Labute approximate surface area is 125 Å². The maximum atomic E-state index is 4.16. The highest BCUT2D eigenvalue weighted by molar-refractivity contribution is 5.31. The predicted octanol–water partition coefficient (Wildman–Crippen LogP) is 6.44. The first-order valence-electron chi connectivity index (χ1n) is 7.99. The monoisotopic (exact) mass is 270 g/mol. The Morgan fingerprint density at radius 3 is 2.20 bits per heavy atom. The van der Waals surface area contributed by atoms with Gasteiger partial charge in [-0.1, -0.05) is 75.3 Å². The third-order valence-electron chi connectivity index (χ3n) is 4.04. The zero-order valence-corrected chi connectivity index (χ0v) is 13.5. The quantitative estimate of drug-likeness (QED) is 0.358. The first kappa shape index (κ1) is 16.8. The Hall–Kier alpha value is -1.30. The summed E-state index contributed by atoms with van der Waals surface area (Å²) < 4.78 is 0. The van der Waals surface area contributed by atoms with Gasteiger partial charge in [0.05, 0.1) is 0 Å². The molecule has 20 heavy (non-hydrogen) atoms. The molecule has 0 heterocycles. The Morgan fingerprint density at radius 1 is 1.05 bits per heavy atom. The van der Waals surface area contributed by atoms with Crippen LogP contribution in [0.5, 0.6) is 0 Å². The summed E-state index contributed by atoms with van der Waals surface area (Å²) in [6.07, 6.45) is 7.20. The van der Waals surface area contributed by atoms with E-state index in [9.17, 15) is 0 Å². The highest BCUT2D eigenvalue weighted by atomic mass is 14.2. The molecule has 110 valence electrons. The molecule has 0 heteroatoms. The lowest BCUT2D eigenvalue weighted by Gasteiger charge is -2.19. The van der Waals surface area contributed by atoms with Gasteiger partial charge in [0.25, 0.3) is 0 Å². The molecule has 1 rings (SSSR count). The number of allylic oxidation sites excluding steroid dienone is 2. The summed E-state index contributed by atoms with van der Waals surface area (Å²) in [4.78, 5) is 0. The van der Waals surface area contributed by atoms with Crippen molar-refractivity contribution in [1.82, 2.24) is 0 Å². The molecule has 1 atom stereocenters. The van der Waals surface area contributed by atoms with E-state index in [-0.39, 0.29) is 0 Å². The van der Waals surface area contributed by atoms with Crippen LogP contribution in [0.2, 0.25) is 0 Å². The van der Waals surface area contributed by atoms with E-state index in [0.29, 0.717) is 5.92 Å². The van der Waals surface area contributed by atoms with Crippen molar-refractivity contribution < 1.29 is 0 Å². The smallest absolute Gasteiger partial charge is 0.00797 e. The van der Waals surface area contributed by atoms with E-state index >= 15 is 0 Å². The molecule has 1 unspecified atom stereocenters. The Kier molecular flexibility index (Phi) is 7.36. The van der Waals surface area contributed by atoms with E-state index in [1.54, 1.807) is 0 Å². The lowest BCUT2D eigenvalue weighted by Crippen LogP contribution is -2.01. The molecule has 0 saturated carbocycles. The summed E-state index contributed by atoms with van der Waals surface area (Å²) >= 11 is 0.